The molecule has 1 aliphatic rings. The van der Waals surface area contributed by atoms with Crippen LogP contribution in [0.1, 0.15) is 20.8 Å². The first-order valence-electron chi connectivity index (χ1n) is 6.52. The van der Waals surface area contributed by atoms with E-state index in [4.69, 9.17) is 11.6 Å². The van der Waals surface area contributed by atoms with Gasteiger partial charge in [-0.15, -0.1) is 10.2 Å². The molecule has 0 amide bonds. The van der Waals surface area contributed by atoms with Crippen molar-refractivity contribution in [1.82, 2.24) is 19.7 Å². The first-order valence-corrected chi connectivity index (χ1v) is 7.88. The predicted octanol–water partition coefficient (Wildman–Crippen LogP) is 3.72. The normalized spacial score (nSPS) is 16.2. The van der Waals surface area contributed by atoms with E-state index in [0.29, 0.717) is 0 Å². The minimum Gasteiger partial charge on any atom is -0.288 e. The SMILES string of the molecule is CC(C)(C)N1CSc2nnc(-c3ccc(Cl)cc3)n2C1. The van der Waals surface area contributed by atoms with E-state index in [9.17, 15) is 0 Å². The van der Waals surface area contributed by atoms with Crippen molar-refractivity contribution in [3.05, 3.63) is 29.3 Å². The summed E-state index contributed by atoms with van der Waals surface area (Å²) in [6.07, 6.45) is 0. The topological polar surface area (TPSA) is 34.0 Å². The highest BCUT2D eigenvalue weighted by molar-refractivity contribution is 7.99. The molecule has 106 valence electrons. The number of benzene rings is 1. The number of hydrogen-bond acceptors (Lipinski definition) is 4. The molecule has 0 atom stereocenters. The van der Waals surface area contributed by atoms with Gasteiger partial charge in [0.2, 0.25) is 0 Å². The van der Waals surface area contributed by atoms with Gasteiger partial charge in [0.25, 0.3) is 0 Å². The highest BCUT2D eigenvalue weighted by atomic mass is 35.5. The molecule has 4 nitrogen and oxygen atoms in total. The molecule has 2 aromatic rings. The average Bonchev–Trinajstić information content (AvgIpc) is 2.81. The van der Waals surface area contributed by atoms with E-state index in [1.807, 2.05) is 24.3 Å². The first kappa shape index (κ1) is 13.9. The van der Waals surface area contributed by atoms with Gasteiger partial charge in [-0.05, 0) is 45.0 Å². The number of nitrogens with zero attached hydrogens (tertiary/aromatic N) is 4. The van der Waals surface area contributed by atoms with Crippen molar-refractivity contribution >= 4 is 23.4 Å². The molecule has 1 aliphatic heterocycles. The predicted molar refractivity (Wildman–Crippen MR) is 82.8 cm³/mol. The number of halogens is 1. The minimum atomic E-state index is 0.131. The fraction of sp³-hybridized carbons (Fsp3) is 0.429. The maximum absolute atomic E-state index is 5.94. The second kappa shape index (κ2) is 5.06. The second-order valence-electron chi connectivity index (χ2n) is 5.87. The van der Waals surface area contributed by atoms with Crippen molar-refractivity contribution in [2.24, 2.45) is 0 Å². The van der Waals surface area contributed by atoms with Crippen molar-refractivity contribution in [3.8, 4) is 11.4 Å². The Hall–Kier alpha value is -1.04. The summed E-state index contributed by atoms with van der Waals surface area (Å²) in [6, 6.07) is 7.74. The van der Waals surface area contributed by atoms with E-state index in [0.717, 1.165) is 34.1 Å². The third kappa shape index (κ3) is 2.57. The van der Waals surface area contributed by atoms with Gasteiger partial charge >= 0.3 is 0 Å². The zero-order valence-electron chi connectivity index (χ0n) is 11.8. The molecule has 0 spiro atoms. The van der Waals surface area contributed by atoms with Crippen molar-refractivity contribution in [3.63, 3.8) is 0 Å². The third-order valence-electron chi connectivity index (χ3n) is 3.43. The zero-order valence-corrected chi connectivity index (χ0v) is 13.4. The smallest absolute Gasteiger partial charge is 0.193 e. The Morgan fingerprint density at radius 1 is 1.15 bits per heavy atom. The molecule has 0 saturated carbocycles. The van der Waals surface area contributed by atoms with Gasteiger partial charge in [-0.2, -0.15) is 0 Å². The number of aromatic nitrogens is 3. The molecular formula is C14H17ClN4S. The molecule has 2 heterocycles. The summed E-state index contributed by atoms with van der Waals surface area (Å²) in [5, 5.41) is 10.3. The van der Waals surface area contributed by atoms with Gasteiger partial charge in [-0.25, -0.2) is 0 Å². The summed E-state index contributed by atoms with van der Waals surface area (Å²) in [4.78, 5) is 2.41. The van der Waals surface area contributed by atoms with Gasteiger partial charge in [-0.1, -0.05) is 23.4 Å². The quantitative estimate of drug-likeness (QED) is 0.804. The van der Waals surface area contributed by atoms with Gasteiger partial charge < -0.3 is 0 Å². The lowest BCUT2D eigenvalue weighted by molar-refractivity contribution is 0.115. The molecule has 0 saturated heterocycles. The molecule has 3 rings (SSSR count). The van der Waals surface area contributed by atoms with Crippen LogP contribution in [0.4, 0.5) is 0 Å². The Morgan fingerprint density at radius 3 is 2.50 bits per heavy atom. The van der Waals surface area contributed by atoms with E-state index in [1.54, 1.807) is 11.8 Å². The summed E-state index contributed by atoms with van der Waals surface area (Å²) in [5.41, 5.74) is 1.18. The van der Waals surface area contributed by atoms with E-state index in [-0.39, 0.29) is 5.54 Å². The molecular weight excluding hydrogens is 292 g/mol. The van der Waals surface area contributed by atoms with E-state index < -0.39 is 0 Å². The fourth-order valence-corrected chi connectivity index (χ4v) is 3.35. The molecule has 1 aromatic heterocycles. The van der Waals surface area contributed by atoms with E-state index in [2.05, 4.69) is 40.4 Å². The van der Waals surface area contributed by atoms with Crippen LogP contribution in [0.5, 0.6) is 0 Å². The van der Waals surface area contributed by atoms with Gasteiger partial charge in [0.1, 0.15) is 0 Å². The van der Waals surface area contributed by atoms with E-state index in [1.165, 1.54) is 0 Å². The van der Waals surface area contributed by atoms with Crippen LogP contribution in [0.2, 0.25) is 5.02 Å². The van der Waals surface area contributed by atoms with Crippen molar-refractivity contribution < 1.29 is 0 Å². The van der Waals surface area contributed by atoms with Crippen LogP contribution in [-0.2, 0) is 6.67 Å². The first-order chi connectivity index (χ1) is 9.45. The number of hydrogen-bond donors (Lipinski definition) is 0. The molecule has 0 unspecified atom stereocenters. The summed E-state index contributed by atoms with van der Waals surface area (Å²) >= 11 is 7.68. The zero-order chi connectivity index (χ0) is 14.3. The average molecular weight is 309 g/mol. The fourth-order valence-electron chi connectivity index (χ4n) is 2.09. The molecule has 1 aromatic carbocycles. The monoisotopic (exact) mass is 308 g/mol. The highest BCUT2D eigenvalue weighted by Gasteiger charge is 2.28. The molecule has 0 radical (unpaired) electrons. The molecule has 0 fully saturated rings. The van der Waals surface area contributed by atoms with Crippen molar-refractivity contribution in [2.45, 2.75) is 38.1 Å². The Morgan fingerprint density at radius 2 is 1.85 bits per heavy atom. The van der Waals surface area contributed by atoms with Crippen LogP contribution in [0.3, 0.4) is 0 Å². The Labute approximate surface area is 128 Å². The lowest BCUT2D eigenvalue weighted by Crippen LogP contribution is -2.44. The lowest BCUT2D eigenvalue weighted by Gasteiger charge is -2.38. The van der Waals surface area contributed by atoms with Gasteiger partial charge in [0.05, 0.1) is 12.5 Å². The van der Waals surface area contributed by atoms with Gasteiger partial charge in [0, 0.05) is 16.1 Å². The maximum Gasteiger partial charge on any atom is 0.193 e. The van der Waals surface area contributed by atoms with E-state index >= 15 is 0 Å². The van der Waals surface area contributed by atoms with Gasteiger partial charge in [-0.3, -0.25) is 9.47 Å². The van der Waals surface area contributed by atoms with Crippen LogP contribution in [-0.4, -0.2) is 31.1 Å². The lowest BCUT2D eigenvalue weighted by atomic mass is 10.1. The largest absolute Gasteiger partial charge is 0.288 e. The number of thioether (sulfide) groups is 1. The van der Waals surface area contributed by atoms with Crippen LogP contribution < -0.4 is 0 Å². The summed E-state index contributed by atoms with van der Waals surface area (Å²) in [7, 11) is 0. The third-order valence-corrected chi connectivity index (χ3v) is 4.68. The van der Waals surface area contributed by atoms with Gasteiger partial charge in [0.15, 0.2) is 11.0 Å². The molecule has 6 heteroatoms. The minimum absolute atomic E-state index is 0.131. The summed E-state index contributed by atoms with van der Waals surface area (Å²) in [5.74, 6) is 1.85. The Balaban J connectivity index is 1.97. The Kier molecular flexibility index (Phi) is 3.52. The highest BCUT2D eigenvalue weighted by Crippen LogP contribution is 2.32. The number of fused-ring (bicyclic) bond motifs is 1. The van der Waals surface area contributed by atoms with Crippen molar-refractivity contribution in [1.29, 1.82) is 0 Å². The number of rotatable bonds is 1. The Bertz CT molecular complexity index is 615. The summed E-state index contributed by atoms with van der Waals surface area (Å²) < 4.78 is 2.17. The van der Waals surface area contributed by atoms with Crippen LogP contribution >= 0.6 is 23.4 Å². The molecule has 0 aliphatic carbocycles. The van der Waals surface area contributed by atoms with Crippen molar-refractivity contribution in [2.75, 3.05) is 5.88 Å². The second-order valence-corrected chi connectivity index (χ2v) is 7.22. The summed E-state index contributed by atoms with van der Waals surface area (Å²) in [6.45, 7) is 7.50. The maximum atomic E-state index is 5.94. The van der Waals surface area contributed by atoms with Crippen LogP contribution in [0, 0.1) is 0 Å². The standard InChI is InChI=1S/C14H17ClN4S/c1-14(2,3)18-8-19-12(16-17-13(19)20-9-18)10-4-6-11(15)7-5-10/h4-7H,8-9H2,1-3H3. The molecule has 0 N–H and O–H groups in total. The molecule has 20 heavy (non-hydrogen) atoms. The molecule has 0 bridgehead atoms. The van der Waals surface area contributed by atoms with Crippen LogP contribution in [0.25, 0.3) is 11.4 Å². The van der Waals surface area contributed by atoms with Crippen LogP contribution in [0.15, 0.2) is 29.4 Å².